The molecule has 1 fully saturated rings. The third kappa shape index (κ3) is 10.5. The van der Waals surface area contributed by atoms with Gasteiger partial charge in [0.25, 0.3) is 5.91 Å². The molecule has 1 aliphatic heterocycles. The first-order chi connectivity index (χ1) is 17.1. The molecule has 1 aliphatic rings. The molecule has 0 bridgehead atoms. The second-order valence-corrected chi connectivity index (χ2v) is 9.04. The molecule has 1 aromatic carbocycles. The van der Waals surface area contributed by atoms with Gasteiger partial charge in [0.2, 0.25) is 5.91 Å². The predicted octanol–water partition coefficient (Wildman–Crippen LogP) is 5.05. The number of benzene rings is 1. The minimum atomic E-state index is -0.867. The minimum absolute atomic E-state index is 0.143. The lowest BCUT2D eigenvalue weighted by molar-refractivity contribution is -0.147. The van der Waals surface area contributed by atoms with Crippen molar-refractivity contribution in [2.24, 2.45) is 0 Å². The van der Waals surface area contributed by atoms with Gasteiger partial charge in [0.05, 0.1) is 13.0 Å². The van der Waals surface area contributed by atoms with Crippen molar-refractivity contribution in [3.63, 3.8) is 0 Å². The fourth-order valence-corrected chi connectivity index (χ4v) is 4.17. The van der Waals surface area contributed by atoms with Crippen LogP contribution in [0.5, 0.6) is 5.75 Å². The average molecular weight is 487 g/mol. The topological polar surface area (TPSA) is 84.9 Å². The Kier molecular flexibility index (Phi) is 13.6. The van der Waals surface area contributed by atoms with Gasteiger partial charge in [0.15, 0.2) is 0 Å². The molecule has 1 aromatic rings. The van der Waals surface area contributed by atoms with E-state index in [1.165, 1.54) is 49.8 Å². The monoisotopic (exact) mass is 486 g/mol. The lowest BCUT2D eigenvalue weighted by Crippen LogP contribution is -2.57. The molecule has 7 nitrogen and oxygen atoms in total. The molecule has 2 rings (SSSR count). The molecule has 1 atom stereocenters. The Morgan fingerprint density at radius 1 is 1.03 bits per heavy atom. The van der Waals surface area contributed by atoms with Crippen molar-refractivity contribution < 1.29 is 23.9 Å². The van der Waals surface area contributed by atoms with E-state index in [1.54, 1.807) is 30.3 Å². The molecule has 1 saturated heterocycles. The number of amides is 2. The van der Waals surface area contributed by atoms with E-state index in [2.05, 4.69) is 18.8 Å². The number of hydrogen-bond donors (Lipinski definition) is 1. The zero-order chi connectivity index (χ0) is 25.3. The highest BCUT2D eigenvalue weighted by atomic mass is 16.5. The van der Waals surface area contributed by atoms with Gasteiger partial charge in [0.1, 0.15) is 18.4 Å². The summed E-state index contributed by atoms with van der Waals surface area (Å²) in [6, 6.07) is 5.86. The van der Waals surface area contributed by atoms with E-state index in [0.29, 0.717) is 37.6 Å². The number of nitrogens with one attached hydrogen (secondary N) is 1. The van der Waals surface area contributed by atoms with Gasteiger partial charge in [-0.05, 0) is 30.7 Å². The maximum absolute atomic E-state index is 13.1. The summed E-state index contributed by atoms with van der Waals surface area (Å²) >= 11 is 0. The molecule has 1 unspecified atom stereocenters. The largest absolute Gasteiger partial charge is 0.490 e. The molecule has 1 N–H and O–H groups in total. The third-order valence-corrected chi connectivity index (χ3v) is 6.18. The van der Waals surface area contributed by atoms with Crippen LogP contribution < -0.4 is 10.1 Å². The van der Waals surface area contributed by atoms with Gasteiger partial charge in [-0.3, -0.25) is 14.4 Å². The number of esters is 1. The number of rotatable bonds is 17. The van der Waals surface area contributed by atoms with E-state index >= 15 is 0 Å². The van der Waals surface area contributed by atoms with E-state index in [1.807, 2.05) is 0 Å². The number of hydrogen-bond acceptors (Lipinski definition) is 5. The van der Waals surface area contributed by atoms with Crippen LogP contribution in [0.15, 0.2) is 36.9 Å². The Hall–Kier alpha value is -2.83. The normalized spacial score (nSPS) is 15.4. The molecule has 2 amide bonds. The molecule has 194 valence electrons. The maximum Gasteiger partial charge on any atom is 0.308 e. The summed E-state index contributed by atoms with van der Waals surface area (Å²) in [4.78, 5) is 39.4. The summed E-state index contributed by atoms with van der Waals surface area (Å²) in [6.07, 6.45) is 13.6. The van der Waals surface area contributed by atoms with Crippen LogP contribution in [0.25, 0.3) is 0 Å². The van der Waals surface area contributed by atoms with Gasteiger partial charge in [-0.1, -0.05) is 77.4 Å². The van der Waals surface area contributed by atoms with Gasteiger partial charge in [0, 0.05) is 18.7 Å². The molecule has 1 heterocycles. The minimum Gasteiger partial charge on any atom is -0.490 e. The summed E-state index contributed by atoms with van der Waals surface area (Å²) in [5, 5.41) is 2.75. The van der Waals surface area contributed by atoms with Crippen molar-refractivity contribution in [3.05, 3.63) is 42.5 Å². The summed E-state index contributed by atoms with van der Waals surface area (Å²) in [5.41, 5.74) is 0.439. The first kappa shape index (κ1) is 28.4. The van der Waals surface area contributed by atoms with E-state index in [9.17, 15) is 14.4 Å². The number of carbonyl (C=O) groups is 3. The number of carbonyl (C=O) groups excluding carboxylic acids is 3. The van der Waals surface area contributed by atoms with Gasteiger partial charge in [-0.2, -0.15) is 0 Å². The highest BCUT2D eigenvalue weighted by Gasteiger charge is 2.35. The van der Waals surface area contributed by atoms with Crippen LogP contribution in [0, 0.1) is 0 Å². The third-order valence-electron chi connectivity index (χ3n) is 6.18. The molecular weight excluding hydrogens is 444 g/mol. The quantitative estimate of drug-likeness (QED) is 0.189. The van der Waals surface area contributed by atoms with Gasteiger partial charge in [-0.15, -0.1) is 0 Å². The van der Waals surface area contributed by atoms with Crippen LogP contribution >= 0.6 is 0 Å². The molecule has 0 spiro atoms. The van der Waals surface area contributed by atoms with Crippen molar-refractivity contribution in [2.45, 2.75) is 83.6 Å². The Bertz CT molecular complexity index is 793. The SMILES string of the molecule is C=CCOc1ccc(C(=O)N2CCNC(=O)C2CC(=O)OCCCCCCCCCCCC)cc1. The molecule has 7 heteroatoms. The first-order valence-corrected chi connectivity index (χ1v) is 13.1. The van der Waals surface area contributed by atoms with Crippen LogP contribution in [-0.2, 0) is 14.3 Å². The van der Waals surface area contributed by atoms with Crippen LogP contribution in [-0.4, -0.2) is 55.0 Å². The van der Waals surface area contributed by atoms with E-state index in [0.717, 1.165) is 19.3 Å². The fraction of sp³-hybridized carbons (Fsp3) is 0.607. The van der Waals surface area contributed by atoms with Crippen molar-refractivity contribution >= 4 is 17.8 Å². The van der Waals surface area contributed by atoms with Crippen molar-refractivity contribution in [1.29, 1.82) is 0 Å². The number of unbranched alkanes of at least 4 members (excludes halogenated alkanes) is 9. The zero-order valence-electron chi connectivity index (χ0n) is 21.3. The Balaban J connectivity index is 1.72. The van der Waals surface area contributed by atoms with E-state index in [-0.39, 0.29) is 18.2 Å². The molecule has 35 heavy (non-hydrogen) atoms. The lowest BCUT2D eigenvalue weighted by atomic mass is 10.1. The zero-order valence-corrected chi connectivity index (χ0v) is 21.3. The lowest BCUT2D eigenvalue weighted by Gasteiger charge is -2.34. The van der Waals surface area contributed by atoms with Crippen LogP contribution in [0.1, 0.15) is 87.9 Å². The summed E-state index contributed by atoms with van der Waals surface area (Å²) in [5.74, 6) is -0.437. The Morgan fingerprint density at radius 3 is 2.29 bits per heavy atom. The summed E-state index contributed by atoms with van der Waals surface area (Å²) in [7, 11) is 0. The van der Waals surface area contributed by atoms with Crippen molar-refractivity contribution in [1.82, 2.24) is 10.2 Å². The van der Waals surface area contributed by atoms with Crippen LogP contribution in [0.3, 0.4) is 0 Å². The molecule has 0 aliphatic carbocycles. The van der Waals surface area contributed by atoms with Gasteiger partial charge >= 0.3 is 5.97 Å². The number of ether oxygens (including phenoxy) is 2. The summed E-state index contributed by atoms with van der Waals surface area (Å²) < 4.78 is 10.8. The second-order valence-electron chi connectivity index (χ2n) is 9.04. The number of nitrogens with zero attached hydrogens (tertiary/aromatic N) is 1. The summed E-state index contributed by atoms with van der Waals surface area (Å²) in [6.45, 7) is 7.27. The maximum atomic E-state index is 13.1. The van der Waals surface area contributed by atoms with Crippen LogP contribution in [0.4, 0.5) is 0 Å². The highest BCUT2D eigenvalue weighted by Crippen LogP contribution is 2.18. The highest BCUT2D eigenvalue weighted by molar-refractivity contribution is 5.99. The standard InChI is InChI=1S/C28H42N2O5/c1-3-5-6-7-8-9-10-11-12-13-21-35-26(31)22-25-27(32)29-18-19-30(25)28(33)23-14-16-24(17-15-23)34-20-4-2/h4,14-17,25H,2-3,5-13,18-22H2,1H3,(H,29,32). The van der Waals surface area contributed by atoms with Crippen LogP contribution in [0.2, 0.25) is 0 Å². The molecular formula is C28H42N2O5. The van der Waals surface area contributed by atoms with Crippen molar-refractivity contribution in [3.8, 4) is 5.75 Å². The molecule has 0 saturated carbocycles. The predicted molar refractivity (Wildman–Crippen MR) is 137 cm³/mol. The second kappa shape index (κ2) is 16.7. The fourth-order valence-electron chi connectivity index (χ4n) is 4.17. The Morgan fingerprint density at radius 2 is 1.66 bits per heavy atom. The van der Waals surface area contributed by atoms with Crippen molar-refractivity contribution in [2.75, 3.05) is 26.3 Å². The van der Waals surface area contributed by atoms with E-state index < -0.39 is 12.0 Å². The van der Waals surface area contributed by atoms with Gasteiger partial charge in [-0.25, -0.2) is 0 Å². The van der Waals surface area contributed by atoms with E-state index in [4.69, 9.17) is 9.47 Å². The number of piperazine rings is 1. The first-order valence-electron chi connectivity index (χ1n) is 13.1. The molecule has 0 radical (unpaired) electrons. The Labute approximate surface area is 210 Å². The molecule has 0 aromatic heterocycles. The smallest absolute Gasteiger partial charge is 0.308 e. The average Bonchev–Trinajstić information content (AvgIpc) is 2.87. The van der Waals surface area contributed by atoms with Gasteiger partial charge < -0.3 is 19.7 Å².